The van der Waals surface area contributed by atoms with Crippen LogP contribution >= 0.6 is 11.3 Å². The van der Waals surface area contributed by atoms with Crippen molar-refractivity contribution in [3.05, 3.63) is 90.4 Å². The molecule has 1 aliphatic rings. The monoisotopic (exact) mass is 535 g/mol. The van der Waals surface area contributed by atoms with Gasteiger partial charge in [0.25, 0.3) is 5.91 Å². The number of nitrogens with one attached hydrogen (secondary N) is 2. The van der Waals surface area contributed by atoms with E-state index in [0.29, 0.717) is 17.2 Å². The van der Waals surface area contributed by atoms with Crippen LogP contribution in [0.25, 0.3) is 32.3 Å². The number of benzene rings is 2. The average molecular weight is 536 g/mol. The van der Waals surface area contributed by atoms with Crippen LogP contribution in [0, 0.1) is 0 Å². The van der Waals surface area contributed by atoms with Gasteiger partial charge in [-0.1, -0.05) is 53.8 Å². The summed E-state index contributed by atoms with van der Waals surface area (Å²) in [5.41, 5.74) is 4.48. The van der Waals surface area contributed by atoms with Crippen molar-refractivity contribution in [3.8, 4) is 22.0 Å². The van der Waals surface area contributed by atoms with Gasteiger partial charge in [-0.05, 0) is 49.7 Å². The van der Waals surface area contributed by atoms with E-state index in [1.807, 2.05) is 72.8 Å². The van der Waals surface area contributed by atoms with E-state index in [4.69, 9.17) is 9.97 Å². The number of pyridine rings is 1. The highest BCUT2D eigenvalue weighted by Gasteiger charge is 2.17. The molecule has 2 aromatic carbocycles. The summed E-state index contributed by atoms with van der Waals surface area (Å²) in [4.78, 5) is 35.6. The van der Waals surface area contributed by atoms with Crippen molar-refractivity contribution in [1.29, 1.82) is 0 Å². The summed E-state index contributed by atoms with van der Waals surface area (Å²) in [6.07, 6.45) is 3.52. The second kappa shape index (κ2) is 11.8. The Balaban J connectivity index is 1.26. The molecule has 0 spiro atoms. The lowest BCUT2D eigenvalue weighted by atomic mass is 10.1. The van der Waals surface area contributed by atoms with Crippen LogP contribution in [0.4, 0.5) is 5.69 Å². The number of fused-ring (bicyclic) bond motifs is 1. The summed E-state index contributed by atoms with van der Waals surface area (Å²) >= 11 is 1.50. The van der Waals surface area contributed by atoms with Crippen molar-refractivity contribution in [2.24, 2.45) is 0 Å². The van der Waals surface area contributed by atoms with Crippen LogP contribution in [0.2, 0.25) is 0 Å². The van der Waals surface area contributed by atoms with Gasteiger partial charge in [0.1, 0.15) is 21.0 Å². The molecule has 5 aromatic rings. The number of carbonyl (C=O) groups is 1. The minimum atomic E-state index is -0.273. The molecule has 1 aliphatic heterocycles. The van der Waals surface area contributed by atoms with Crippen LogP contribution in [0.5, 0.6) is 0 Å². The fourth-order valence-electron chi connectivity index (χ4n) is 4.73. The number of aromatic nitrogens is 4. The fourth-order valence-corrected chi connectivity index (χ4v) is 5.67. The SMILES string of the molecule is O=C(Nc1ccccc1-c1nc2cccnc2s1)c1cc(CCCN2CCNCC2)nc(-c2ccccc2)n1. The quantitative estimate of drug-likeness (QED) is 0.292. The fraction of sp³-hybridized carbons (Fsp3) is 0.233. The van der Waals surface area contributed by atoms with E-state index >= 15 is 0 Å². The van der Waals surface area contributed by atoms with Crippen LogP contribution < -0.4 is 10.6 Å². The molecule has 1 fully saturated rings. The number of rotatable bonds is 8. The molecule has 0 unspecified atom stereocenters. The minimum absolute atomic E-state index is 0.273. The molecule has 3 aromatic heterocycles. The van der Waals surface area contributed by atoms with Gasteiger partial charge >= 0.3 is 0 Å². The number of nitrogens with zero attached hydrogens (tertiary/aromatic N) is 5. The molecule has 4 heterocycles. The molecular weight excluding hydrogens is 506 g/mol. The number of thiazole rings is 1. The Bertz CT molecular complexity index is 1550. The molecule has 6 rings (SSSR count). The lowest BCUT2D eigenvalue weighted by Gasteiger charge is -2.27. The minimum Gasteiger partial charge on any atom is -0.320 e. The van der Waals surface area contributed by atoms with E-state index in [1.165, 1.54) is 11.3 Å². The van der Waals surface area contributed by atoms with Gasteiger partial charge in [0.2, 0.25) is 0 Å². The summed E-state index contributed by atoms with van der Waals surface area (Å²) < 4.78 is 0. The first kappa shape index (κ1) is 25.2. The maximum absolute atomic E-state index is 13.6. The van der Waals surface area contributed by atoms with Crippen LogP contribution in [0.15, 0.2) is 79.0 Å². The van der Waals surface area contributed by atoms with Crippen LogP contribution in [0.3, 0.4) is 0 Å². The highest BCUT2D eigenvalue weighted by Crippen LogP contribution is 2.33. The molecule has 0 aliphatic carbocycles. The van der Waals surface area contributed by atoms with Gasteiger partial charge in [-0.25, -0.2) is 19.9 Å². The van der Waals surface area contributed by atoms with Gasteiger partial charge in [0.05, 0.1) is 5.69 Å². The van der Waals surface area contributed by atoms with Crippen molar-refractivity contribution in [2.45, 2.75) is 12.8 Å². The third-order valence-electron chi connectivity index (χ3n) is 6.73. The summed E-state index contributed by atoms with van der Waals surface area (Å²) in [5, 5.41) is 7.29. The third kappa shape index (κ3) is 6.01. The molecule has 9 heteroatoms. The van der Waals surface area contributed by atoms with Gasteiger partial charge < -0.3 is 15.5 Å². The number of piperazine rings is 1. The number of hydrogen-bond donors (Lipinski definition) is 2. The van der Waals surface area contributed by atoms with Crippen LogP contribution in [0.1, 0.15) is 22.6 Å². The zero-order valence-corrected chi connectivity index (χ0v) is 22.3. The van der Waals surface area contributed by atoms with Crippen molar-refractivity contribution in [1.82, 2.24) is 30.2 Å². The predicted octanol–water partition coefficient (Wildman–Crippen LogP) is 4.91. The first-order valence-corrected chi connectivity index (χ1v) is 14.0. The van der Waals surface area contributed by atoms with E-state index in [2.05, 4.69) is 25.5 Å². The van der Waals surface area contributed by atoms with Crippen molar-refractivity contribution in [3.63, 3.8) is 0 Å². The Hall–Kier alpha value is -4.05. The Morgan fingerprint density at radius 2 is 1.77 bits per heavy atom. The van der Waals surface area contributed by atoms with Crippen molar-refractivity contribution >= 4 is 33.3 Å². The molecule has 1 saturated heterocycles. The molecule has 2 N–H and O–H groups in total. The number of amides is 1. The normalized spacial score (nSPS) is 13.9. The van der Waals surface area contributed by atoms with Crippen LogP contribution in [-0.4, -0.2) is 63.5 Å². The Morgan fingerprint density at radius 3 is 2.62 bits per heavy atom. The van der Waals surface area contributed by atoms with E-state index in [0.717, 1.165) is 77.7 Å². The maximum atomic E-state index is 13.6. The van der Waals surface area contributed by atoms with Crippen molar-refractivity contribution in [2.75, 3.05) is 38.0 Å². The molecule has 0 bridgehead atoms. The summed E-state index contributed by atoms with van der Waals surface area (Å²) in [6.45, 7) is 5.21. The van der Waals surface area contributed by atoms with Crippen LogP contribution in [-0.2, 0) is 6.42 Å². The summed E-state index contributed by atoms with van der Waals surface area (Å²) in [5.74, 6) is 0.288. The first-order chi connectivity index (χ1) is 19.2. The second-order valence-corrected chi connectivity index (χ2v) is 10.5. The molecule has 196 valence electrons. The van der Waals surface area contributed by atoms with Gasteiger partial charge in [0, 0.05) is 49.2 Å². The number of carbonyl (C=O) groups excluding carboxylic acids is 1. The Kier molecular flexibility index (Phi) is 7.62. The molecule has 39 heavy (non-hydrogen) atoms. The lowest BCUT2D eigenvalue weighted by molar-refractivity contribution is 0.102. The van der Waals surface area contributed by atoms with Gasteiger partial charge in [-0.2, -0.15) is 0 Å². The summed E-state index contributed by atoms with van der Waals surface area (Å²) in [6, 6.07) is 23.2. The third-order valence-corrected chi connectivity index (χ3v) is 7.75. The first-order valence-electron chi connectivity index (χ1n) is 13.2. The largest absolute Gasteiger partial charge is 0.320 e. The lowest BCUT2D eigenvalue weighted by Crippen LogP contribution is -2.43. The topological polar surface area (TPSA) is 95.9 Å². The standard InChI is InChI=1S/C30H29N7OS/c38-28(35-24-12-5-4-11-23(24)29-36-25-13-6-14-32-30(25)39-29)26-20-22(10-7-17-37-18-15-31-16-19-37)33-27(34-26)21-8-2-1-3-9-21/h1-6,8-9,11-14,20,31H,7,10,15-19H2,(H,35,38). The molecule has 0 radical (unpaired) electrons. The average Bonchev–Trinajstić information content (AvgIpc) is 3.43. The highest BCUT2D eigenvalue weighted by molar-refractivity contribution is 7.21. The molecule has 1 amide bonds. The van der Waals surface area contributed by atoms with E-state index in [-0.39, 0.29) is 5.91 Å². The van der Waals surface area contributed by atoms with Crippen molar-refractivity contribution < 1.29 is 4.79 Å². The summed E-state index contributed by atoms with van der Waals surface area (Å²) in [7, 11) is 0. The van der Waals surface area contributed by atoms with Gasteiger partial charge in [-0.15, -0.1) is 0 Å². The Labute approximate surface area is 231 Å². The predicted molar refractivity (Wildman–Crippen MR) is 156 cm³/mol. The maximum Gasteiger partial charge on any atom is 0.274 e. The van der Waals surface area contributed by atoms with Gasteiger partial charge in [0.15, 0.2) is 5.82 Å². The number of para-hydroxylation sites is 1. The highest BCUT2D eigenvalue weighted by atomic mass is 32.1. The molecule has 8 nitrogen and oxygen atoms in total. The van der Waals surface area contributed by atoms with Gasteiger partial charge in [-0.3, -0.25) is 4.79 Å². The molecule has 0 atom stereocenters. The molecule has 0 saturated carbocycles. The number of hydrogen-bond acceptors (Lipinski definition) is 8. The zero-order valence-electron chi connectivity index (χ0n) is 21.5. The number of aryl methyl sites for hydroxylation is 1. The zero-order chi connectivity index (χ0) is 26.4. The molecular formula is C30H29N7OS. The smallest absolute Gasteiger partial charge is 0.274 e. The number of anilines is 1. The second-order valence-electron chi connectivity index (χ2n) is 9.48. The van der Waals surface area contributed by atoms with E-state index in [1.54, 1.807) is 6.20 Å². The van der Waals surface area contributed by atoms with E-state index < -0.39 is 0 Å². The van der Waals surface area contributed by atoms with E-state index in [9.17, 15) is 4.79 Å². The Morgan fingerprint density at radius 1 is 0.949 bits per heavy atom.